The first-order chi connectivity index (χ1) is 19.9. The van der Waals surface area contributed by atoms with Gasteiger partial charge in [0, 0.05) is 41.4 Å². The number of fused-ring (bicyclic) bond motifs is 1. The summed E-state index contributed by atoms with van der Waals surface area (Å²) >= 11 is 0. The van der Waals surface area contributed by atoms with Gasteiger partial charge in [-0.3, -0.25) is 14.3 Å². The van der Waals surface area contributed by atoms with E-state index in [1.165, 1.54) is 24.3 Å². The summed E-state index contributed by atoms with van der Waals surface area (Å²) in [6, 6.07) is 19.0. The predicted molar refractivity (Wildman–Crippen MR) is 152 cm³/mol. The van der Waals surface area contributed by atoms with Gasteiger partial charge in [-0.25, -0.2) is 8.42 Å². The molecular formula is C29H26F3N3O6S. The lowest BCUT2D eigenvalue weighted by atomic mass is 10.1. The number of carboxylic acid groups (broad SMARTS) is 1. The molecule has 3 N–H and O–H groups in total. The van der Waals surface area contributed by atoms with Crippen LogP contribution in [0.2, 0.25) is 0 Å². The standard InChI is InChI=1S/C29H26F3N3O6S/c30-29(31,32)41-25-10-5-20(6-11-25)2-1-17-42(39,40)34-24-9-12-26-23(18-24)14-16-35(26)19-21-3-7-22(8-4-21)28(38)33-15-13-27(36)37/h1-12,14,16,18,34H,13,15,17,19H2,(H,33,38)(H,36,37). The smallest absolute Gasteiger partial charge is 0.481 e. The molecule has 0 aliphatic carbocycles. The number of carboxylic acids is 1. The van der Waals surface area contributed by atoms with Gasteiger partial charge in [0.25, 0.3) is 5.91 Å². The van der Waals surface area contributed by atoms with Crippen molar-refractivity contribution in [3.63, 3.8) is 0 Å². The van der Waals surface area contributed by atoms with Gasteiger partial charge in [-0.2, -0.15) is 0 Å². The second-order valence-corrected chi connectivity index (χ2v) is 11.0. The highest BCUT2D eigenvalue weighted by atomic mass is 32.2. The molecule has 0 unspecified atom stereocenters. The quantitative estimate of drug-likeness (QED) is 0.204. The number of nitrogens with one attached hydrogen (secondary N) is 2. The molecule has 42 heavy (non-hydrogen) atoms. The lowest BCUT2D eigenvalue weighted by Gasteiger charge is -2.09. The molecule has 0 spiro atoms. The number of hydrogen-bond acceptors (Lipinski definition) is 5. The van der Waals surface area contributed by atoms with E-state index >= 15 is 0 Å². The summed E-state index contributed by atoms with van der Waals surface area (Å²) in [5.41, 5.74) is 3.10. The van der Waals surface area contributed by atoms with Crippen molar-refractivity contribution in [2.45, 2.75) is 19.3 Å². The number of alkyl halides is 3. The van der Waals surface area contributed by atoms with Crippen molar-refractivity contribution in [2.24, 2.45) is 0 Å². The van der Waals surface area contributed by atoms with Gasteiger partial charge in [0.1, 0.15) is 5.75 Å². The second-order valence-electron chi connectivity index (χ2n) is 9.22. The van der Waals surface area contributed by atoms with Crippen LogP contribution in [0.3, 0.4) is 0 Å². The zero-order chi connectivity index (χ0) is 30.3. The molecule has 0 aliphatic heterocycles. The Balaban J connectivity index is 1.34. The van der Waals surface area contributed by atoms with Gasteiger partial charge in [-0.15, -0.1) is 13.2 Å². The zero-order valence-electron chi connectivity index (χ0n) is 22.0. The van der Waals surface area contributed by atoms with Crippen LogP contribution in [0.5, 0.6) is 5.75 Å². The molecule has 0 atom stereocenters. The first-order valence-corrected chi connectivity index (χ1v) is 14.2. The fraction of sp³-hybridized carbons (Fsp3) is 0.172. The van der Waals surface area contributed by atoms with Crippen LogP contribution in [-0.2, 0) is 21.4 Å². The SMILES string of the molecule is O=C(O)CCNC(=O)c1ccc(Cn2ccc3cc(NS(=O)(=O)CC=Cc4ccc(OC(F)(F)F)cc4)ccc32)cc1. The van der Waals surface area contributed by atoms with Gasteiger partial charge in [0.05, 0.1) is 12.2 Å². The van der Waals surface area contributed by atoms with Crippen LogP contribution in [0.15, 0.2) is 85.1 Å². The fourth-order valence-corrected chi connectivity index (χ4v) is 4.98. The van der Waals surface area contributed by atoms with Crippen molar-refractivity contribution in [1.29, 1.82) is 0 Å². The molecule has 3 aromatic carbocycles. The number of benzene rings is 3. The summed E-state index contributed by atoms with van der Waals surface area (Å²) < 4.78 is 70.3. The van der Waals surface area contributed by atoms with E-state index in [2.05, 4.69) is 14.8 Å². The number of halogens is 3. The van der Waals surface area contributed by atoms with E-state index in [4.69, 9.17) is 5.11 Å². The monoisotopic (exact) mass is 601 g/mol. The lowest BCUT2D eigenvalue weighted by Crippen LogP contribution is -2.25. The number of hydrogen-bond donors (Lipinski definition) is 3. The Bertz CT molecular complexity index is 1700. The molecule has 0 saturated heterocycles. The maximum atomic E-state index is 12.6. The van der Waals surface area contributed by atoms with Gasteiger partial charge < -0.3 is 19.7 Å². The van der Waals surface area contributed by atoms with Crippen LogP contribution in [-0.4, -0.2) is 48.6 Å². The molecule has 0 saturated carbocycles. The summed E-state index contributed by atoms with van der Waals surface area (Å²) in [5, 5.41) is 12.0. The van der Waals surface area contributed by atoms with Crippen molar-refractivity contribution in [2.75, 3.05) is 17.0 Å². The second kappa shape index (κ2) is 12.8. The average Bonchev–Trinajstić information content (AvgIpc) is 3.30. The van der Waals surface area contributed by atoms with Crippen molar-refractivity contribution in [1.82, 2.24) is 9.88 Å². The first-order valence-electron chi connectivity index (χ1n) is 12.6. The summed E-state index contributed by atoms with van der Waals surface area (Å²) in [4.78, 5) is 22.7. The highest BCUT2D eigenvalue weighted by Crippen LogP contribution is 2.24. The van der Waals surface area contributed by atoms with Crippen LogP contribution in [0, 0.1) is 0 Å². The van der Waals surface area contributed by atoms with Crippen LogP contribution in [0.25, 0.3) is 17.0 Å². The van der Waals surface area contributed by atoms with Gasteiger partial charge >= 0.3 is 12.3 Å². The molecule has 220 valence electrons. The predicted octanol–water partition coefficient (Wildman–Crippen LogP) is 5.25. The minimum Gasteiger partial charge on any atom is -0.481 e. The average molecular weight is 602 g/mol. The number of anilines is 1. The first kappa shape index (κ1) is 30.2. The molecule has 0 fully saturated rings. The molecule has 0 bridgehead atoms. The van der Waals surface area contributed by atoms with Crippen LogP contribution in [0.4, 0.5) is 18.9 Å². The highest BCUT2D eigenvalue weighted by molar-refractivity contribution is 7.92. The Labute approximate surface area is 239 Å². The van der Waals surface area contributed by atoms with E-state index in [0.717, 1.165) is 28.6 Å². The normalized spacial score (nSPS) is 12.0. The number of rotatable bonds is 12. The van der Waals surface area contributed by atoms with Gasteiger partial charge in [0.15, 0.2) is 0 Å². The molecule has 0 aliphatic rings. The highest BCUT2D eigenvalue weighted by Gasteiger charge is 2.30. The molecular weight excluding hydrogens is 575 g/mol. The number of sulfonamides is 1. The summed E-state index contributed by atoms with van der Waals surface area (Å²) in [6.07, 6.45) is -0.206. The Morgan fingerprint density at radius 1 is 0.976 bits per heavy atom. The number of carbonyl (C=O) groups is 2. The fourth-order valence-electron chi connectivity index (χ4n) is 4.06. The Morgan fingerprint density at radius 2 is 1.69 bits per heavy atom. The number of ether oxygens (including phenoxy) is 1. The Hall–Kier alpha value is -4.78. The number of aliphatic carboxylic acids is 1. The number of carbonyl (C=O) groups excluding carboxylic acids is 1. The van der Waals surface area contributed by atoms with E-state index in [0.29, 0.717) is 23.4 Å². The maximum Gasteiger partial charge on any atom is 0.573 e. The van der Waals surface area contributed by atoms with E-state index < -0.39 is 22.4 Å². The third-order valence-corrected chi connectivity index (χ3v) is 7.16. The molecule has 1 aromatic heterocycles. The number of aromatic nitrogens is 1. The van der Waals surface area contributed by atoms with Crippen molar-refractivity contribution in [3.8, 4) is 5.75 Å². The number of amides is 1. The lowest BCUT2D eigenvalue weighted by molar-refractivity contribution is -0.274. The van der Waals surface area contributed by atoms with E-state index in [-0.39, 0.29) is 30.4 Å². The van der Waals surface area contributed by atoms with E-state index in [1.807, 2.05) is 16.8 Å². The van der Waals surface area contributed by atoms with Gasteiger partial charge in [-0.1, -0.05) is 36.4 Å². The van der Waals surface area contributed by atoms with E-state index in [9.17, 15) is 31.2 Å². The maximum absolute atomic E-state index is 12.6. The molecule has 1 amide bonds. The molecule has 13 heteroatoms. The van der Waals surface area contributed by atoms with Crippen LogP contribution >= 0.6 is 0 Å². The van der Waals surface area contributed by atoms with Crippen LogP contribution < -0.4 is 14.8 Å². The number of nitrogens with zero attached hydrogens (tertiary/aromatic N) is 1. The van der Waals surface area contributed by atoms with E-state index in [1.54, 1.807) is 42.5 Å². The summed E-state index contributed by atoms with van der Waals surface area (Å²) in [5.74, 6) is -2.06. The molecule has 4 rings (SSSR count). The Kier molecular flexibility index (Phi) is 9.21. The molecule has 1 heterocycles. The van der Waals surface area contributed by atoms with Crippen LogP contribution in [0.1, 0.15) is 27.9 Å². The minimum absolute atomic E-state index is 0.0433. The topological polar surface area (TPSA) is 127 Å². The van der Waals surface area contributed by atoms with Crippen molar-refractivity contribution >= 4 is 44.6 Å². The summed E-state index contributed by atoms with van der Waals surface area (Å²) in [7, 11) is -3.75. The molecule has 0 radical (unpaired) electrons. The largest absolute Gasteiger partial charge is 0.573 e. The third-order valence-electron chi connectivity index (χ3n) is 5.98. The minimum atomic E-state index is -4.79. The van der Waals surface area contributed by atoms with Crippen molar-refractivity contribution < 1.29 is 41.0 Å². The van der Waals surface area contributed by atoms with Gasteiger partial charge in [-0.05, 0) is 59.7 Å². The zero-order valence-corrected chi connectivity index (χ0v) is 22.8. The molecule has 4 aromatic rings. The van der Waals surface area contributed by atoms with Gasteiger partial charge in [0.2, 0.25) is 10.0 Å². The summed E-state index contributed by atoms with van der Waals surface area (Å²) in [6.45, 7) is 0.547. The van der Waals surface area contributed by atoms with Crippen molar-refractivity contribution in [3.05, 3.63) is 102 Å². The Morgan fingerprint density at radius 3 is 2.36 bits per heavy atom. The third kappa shape index (κ3) is 8.86. The molecule has 9 nitrogen and oxygen atoms in total.